The standard InChI is InChI=1S/C13H17ClN4O2/c1-13(2,3)17-12-16-9-6-10(14)15-7-8(9)11(20)18(12)4-5-19/h6-7,19H,4-5H2,1-3H3,(H,16,17). The molecule has 0 aliphatic rings. The molecule has 0 unspecified atom stereocenters. The minimum atomic E-state index is -0.263. The number of halogens is 1. The van der Waals surface area contributed by atoms with E-state index in [2.05, 4.69) is 15.3 Å². The number of hydrogen-bond donors (Lipinski definition) is 2. The number of nitrogens with one attached hydrogen (secondary N) is 1. The molecule has 0 bridgehead atoms. The second-order valence-corrected chi connectivity index (χ2v) is 5.90. The molecule has 7 heteroatoms. The molecule has 20 heavy (non-hydrogen) atoms. The molecule has 2 heterocycles. The fourth-order valence-electron chi connectivity index (χ4n) is 1.83. The Morgan fingerprint density at radius 1 is 1.45 bits per heavy atom. The quantitative estimate of drug-likeness (QED) is 0.842. The van der Waals surface area contributed by atoms with E-state index in [4.69, 9.17) is 16.7 Å². The van der Waals surface area contributed by atoms with E-state index in [0.717, 1.165) is 0 Å². The molecular weight excluding hydrogens is 280 g/mol. The highest BCUT2D eigenvalue weighted by Gasteiger charge is 2.16. The highest BCUT2D eigenvalue weighted by molar-refractivity contribution is 6.29. The first-order valence-electron chi connectivity index (χ1n) is 6.27. The number of aromatic nitrogens is 3. The predicted octanol–water partition coefficient (Wildman–Crippen LogP) is 1.65. The lowest BCUT2D eigenvalue weighted by molar-refractivity contribution is 0.274. The van der Waals surface area contributed by atoms with Crippen LogP contribution in [0.2, 0.25) is 5.15 Å². The maximum atomic E-state index is 12.4. The van der Waals surface area contributed by atoms with Gasteiger partial charge in [0, 0.05) is 17.8 Å². The SMILES string of the molecule is CC(C)(C)Nc1nc2cc(Cl)ncc2c(=O)n1CCO. The summed E-state index contributed by atoms with van der Waals surface area (Å²) in [5.74, 6) is 0.409. The lowest BCUT2D eigenvalue weighted by Gasteiger charge is -2.23. The number of aliphatic hydroxyl groups is 1. The fourth-order valence-corrected chi connectivity index (χ4v) is 1.98. The van der Waals surface area contributed by atoms with Gasteiger partial charge in [-0.15, -0.1) is 0 Å². The third kappa shape index (κ3) is 3.08. The van der Waals surface area contributed by atoms with Gasteiger partial charge in [0.15, 0.2) is 0 Å². The summed E-state index contributed by atoms with van der Waals surface area (Å²) >= 11 is 5.84. The average molecular weight is 297 g/mol. The topological polar surface area (TPSA) is 80.0 Å². The summed E-state index contributed by atoms with van der Waals surface area (Å²) in [4.78, 5) is 20.7. The van der Waals surface area contributed by atoms with Crippen LogP contribution in [0.15, 0.2) is 17.1 Å². The third-order valence-electron chi connectivity index (χ3n) is 2.62. The molecule has 0 saturated carbocycles. The van der Waals surface area contributed by atoms with Gasteiger partial charge >= 0.3 is 0 Å². The minimum absolute atomic E-state index is 0.146. The molecule has 0 aliphatic heterocycles. The second kappa shape index (κ2) is 5.38. The van der Waals surface area contributed by atoms with Gasteiger partial charge in [-0.1, -0.05) is 11.6 Å². The van der Waals surface area contributed by atoms with Gasteiger partial charge in [0.25, 0.3) is 5.56 Å². The Morgan fingerprint density at radius 2 is 2.15 bits per heavy atom. The first kappa shape index (κ1) is 14.7. The Kier molecular flexibility index (Phi) is 3.96. The monoisotopic (exact) mass is 296 g/mol. The molecule has 0 radical (unpaired) electrons. The maximum Gasteiger partial charge on any atom is 0.264 e. The van der Waals surface area contributed by atoms with E-state index >= 15 is 0 Å². The number of anilines is 1. The number of nitrogens with zero attached hydrogens (tertiary/aromatic N) is 3. The van der Waals surface area contributed by atoms with Crippen LogP contribution in [0.25, 0.3) is 10.9 Å². The van der Waals surface area contributed by atoms with Gasteiger partial charge in [-0.3, -0.25) is 9.36 Å². The molecule has 0 amide bonds. The van der Waals surface area contributed by atoms with Gasteiger partial charge in [0.05, 0.1) is 24.1 Å². The van der Waals surface area contributed by atoms with E-state index in [1.807, 2.05) is 20.8 Å². The van der Waals surface area contributed by atoms with Crippen LogP contribution in [0.3, 0.4) is 0 Å². The van der Waals surface area contributed by atoms with Crippen LogP contribution in [0.5, 0.6) is 0 Å². The smallest absolute Gasteiger partial charge is 0.264 e. The highest BCUT2D eigenvalue weighted by Crippen LogP contribution is 2.17. The number of rotatable bonds is 3. The van der Waals surface area contributed by atoms with Gasteiger partial charge in [0.2, 0.25) is 5.95 Å². The number of hydrogen-bond acceptors (Lipinski definition) is 5. The first-order valence-corrected chi connectivity index (χ1v) is 6.65. The van der Waals surface area contributed by atoms with E-state index in [9.17, 15) is 4.79 Å². The Morgan fingerprint density at radius 3 is 2.75 bits per heavy atom. The lowest BCUT2D eigenvalue weighted by atomic mass is 10.1. The lowest BCUT2D eigenvalue weighted by Crippen LogP contribution is -2.33. The zero-order chi connectivity index (χ0) is 14.9. The van der Waals surface area contributed by atoms with Crippen molar-refractivity contribution < 1.29 is 5.11 Å². The van der Waals surface area contributed by atoms with Crippen LogP contribution in [0, 0.1) is 0 Å². The Labute approximate surface area is 121 Å². The Bertz CT molecular complexity index is 691. The van der Waals surface area contributed by atoms with Gasteiger partial charge in [-0.05, 0) is 20.8 Å². The van der Waals surface area contributed by atoms with Crippen LogP contribution in [-0.4, -0.2) is 31.8 Å². The van der Waals surface area contributed by atoms with Crippen molar-refractivity contribution in [3.8, 4) is 0 Å². The van der Waals surface area contributed by atoms with Crippen molar-refractivity contribution in [2.75, 3.05) is 11.9 Å². The molecular formula is C13H17ClN4O2. The summed E-state index contributed by atoms with van der Waals surface area (Å²) in [5, 5.41) is 13.0. The molecule has 0 saturated heterocycles. The Balaban J connectivity index is 2.70. The number of pyridine rings is 1. The molecule has 2 aromatic rings. The van der Waals surface area contributed by atoms with Crippen LogP contribution in [-0.2, 0) is 6.54 Å². The first-order chi connectivity index (χ1) is 9.31. The molecule has 0 aromatic carbocycles. The molecule has 0 spiro atoms. The summed E-state index contributed by atoms with van der Waals surface area (Å²) in [7, 11) is 0. The maximum absolute atomic E-state index is 12.4. The van der Waals surface area contributed by atoms with Gasteiger partial charge in [-0.25, -0.2) is 9.97 Å². The molecule has 2 N–H and O–H groups in total. The second-order valence-electron chi connectivity index (χ2n) is 5.51. The zero-order valence-corrected chi connectivity index (χ0v) is 12.4. The van der Waals surface area contributed by atoms with Gasteiger partial charge in [-0.2, -0.15) is 0 Å². The van der Waals surface area contributed by atoms with Crippen LogP contribution < -0.4 is 10.9 Å². The van der Waals surface area contributed by atoms with Crippen LogP contribution in [0.1, 0.15) is 20.8 Å². The number of aliphatic hydroxyl groups excluding tert-OH is 1. The van der Waals surface area contributed by atoms with Gasteiger partial charge < -0.3 is 10.4 Å². The third-order valence-corrected chi connectivity index (χ3v) is 2.82. The summed E-state index contributed by atoms with van der Waals surface area (Å²) in [6.07, 6.45) is 1.40. The van der Waals surface area contributed by atoms with Crippen molar-refractivity contribution in [2.24, 2.45) is 0 Å². The van der Waals surface area contributed by atoms with Crippen molar-refractivity contribution in [3.63, 3.8) is 0 Å². The van der Waals surface area contributed by atoms with Crippen molar-refractivity contribution in [2.45, 2.75) is 32.9 Å². The molecule has 0 fully saturated rings. The molecule has 2 aromatic heterocycles. The molecule has 6 nitrogen and oxygen atoms in total. The minimum Gasteiger partial charge on any atom is -0.395 e. The molecule has 108 valence electrons. The predicted molar refractivity (Wildman–Crippen MR) is 79.3 cm³/mol. The van der Waals surface area contributed by atoms with E-state index in [0.29, 0.717) is 16.9 Å². The highest BCUT2D eigenvalue weighted by atomic mass is 35.5. The fraction of sp³-hybridized carbons (Fsp3) is 0.462. The van der Waals surface area contributed by atoms with Crippen molar-refractivity contribution >= 4 is 28.5 Å². The molecule has 0 aliphatic carbocycles. The summed E-state index contributed by atoms with van der Waals surface area (Å²) in [5.41, 5.74) is -0.0304. The average Bonchev–Trinajstić information content (AvgIpc) is 2.32. The van der Waals surface area contributed by atoms with E-state index < -0.39 is 0 Å². The van der Waals surface area contributed by atoms with Gasteiger partial charge in [0.1, 0.15) is 5.15 Å². The summed E-state index contributed by atoms with van der Waals surface area (Å²) in [6, 6.07) is 1.55. The molecule has 0 atom stereocenters. The van der Waals surface area contributed by atoms with E-state index in [1.165, 1.54) is 10.8 Å². The van der Waals surface area contributed by atoms with Crippen molar-refractivity contribution in [1.82, 2.24) is 14.5 Å². The van der Waals surface area contributed by atoms with E-state index in [-0.39, 0.29) is 29.4 Å². The summed E-state index contributed by atoms with van der Waals surface area (Å²) < 4.78 is 1.41. The van der Waals surface area contributed by atoms with Crippen molar-refractivity contribution in [3.05, 3.63) is 27.8 Å². The Hall–Kier alpha value is -1.66. The largest absolute Gasteiger partial charge is 0.395 e. The zero-order valence-electron chi connectivity index (χ0n) is 11.6. The number of fused-ring (bicyclic) bond motifs is 1. The van der Waals surface area contributed by atoms with Crippen molar-refractivity contribution in [1.29, 1.82) is 0 Å². The van der Waals surface area contributed by atoms with E-state index in [1.54, 1.807) is 6.07 Å². The van der Waals surface area contributed by atoms with Crippen LogP contribution >= 0.6 is 11.6 Å². The molecule has 2 rings (SSSR count). The summed E-state index contributed by atoms with van der Waals surface area (Å²) in [6.45, 7) is 5.92. The normalized spacial score (nSPS) is 11.8. The van der Waals surface area contributed by atoms with Crippen LogP contribution in [0.4, 0.5) is 5.95 Å².